The van der Waals surface area contributed by atoms with Crippen molar-refractivity contribution < 1.29 is 13.9 Å². The SMILES string of the molecule is Cc1ccc(OC(Oc2ccc(C)cc2)c2ccco2)cc1. The van der Waals surface area contributed by atoms with Crippen LogP contribution in [0, 0.1) is 13.8 Å². The highest BCUT2D eigenvalue weighted by Gasteiger charge is 2.18. The summed E-state index contributed by atoms with van der Waals surface area (Å²) >= 11 is 0. The molecule has 0 saturated heterocycles. The molecule has 0 amide bonds. The maximum Gasteiger partial charge on any atom is 0.300 e. The summed E-state index contributed by atoms with van der Waals surface area (Å²) in [6, 6.07) is 19.3. The highest BCUT2D eigenvalue weighted by Crippen LogP contribution is 2.26. The maximum absolute atomic E-state index is 5.93. The van der Waals surface area contributed by atoms with E-state index in [4.69, 9.17) is 13.9 Å². The average molecular weight is 294 g/mol. The lowest BCUT2D eigenvalue weighted by Crippen LogP contribution is -2.14. The maximum atomic E-state index is 5.93. The standard InChI is InChI=1S/C19H18O3/c1-14-5-9-16(10-6-14)21-19(18-4-3-13-20-18)22-17-11-7-15(2)8-12-17/h3-13,19H,1-2H3. The van der Waals surface area contributed by atoms with E-state index < -0.39 is 6.29 Å². The predicted octanol–water partition coefficient (Wildman–Crippen LogP) is 5.05. The van der Waals surface area contributed by atoms with Gasteiger partial charge in [0.2, 0.25) is 0 Å². The second-order valence-corrected chi connectivity index (χ2v) is 5.21. The molecule has 112 valence electrons. The van der Waals surface area contributed by atoms with Gasteiger partial charge in [-0.3, -0.25) is 0 Å². The summed E-state index contributed by atoms with van der Waals surface area (Å²) in [5, 5.41) is 0. The Morgan fingerprint density at radius 3 is 1.64 bits per heavy atom. The molecular weight excluding hydrogens is 276 g/mol. The molecule has 22 heavy (non-hydrogen) atoms. The van der Waals surface area contributed by atoms with Crippen molar-refractivity contribution >= 4 is 0 Å². The van der Waals surface area contributed by atoms with E-state index in [2.05, 4.69) is 0 Å². The smallest absolute Gasteiger partial charge is 0.300 e. The zero-order valence-electron chi connectivity index (χ0n) is 12.7. The summed E-state index contributed by atoms with van der Waals surface area (Å²) in [6.45, 7) is 4.08. The second-order valence-electron chi connectivity index (χ2n) is 5.21. The minimum atomic E-state index is -0.625. The van der Waals surface area contributed by atoms with Gasteiger partial charge in [0.25, 0.3) is 6.29 Å². The van der Waals surface area contributed by atoms with Gasteiger partial charge >= 0.3 is 0 Å². The molecule has 1 aromatic heterocycles. The lowest BCUT2D eigenvalue weighted by molar-refractivity contribution is -0.0131. The quantitative estimate of drug-likeness (QED) is 0.617. The Morgan fingerprint density at radius 1 is 0.727 bits per heavy atom. The van der Waals surface area contributed by atoms with Gasteiger partial charge in [-0.1, -0.05) is 35.4 Å². The molecule has 0 saturated carbocycles. The molecular formula is C19H18O3. The van der Waals surface area contributed by atoms with Gasteiger partial charge in [0, 0.05) is 0 Å². The van der Waals surface area contributed by atoms with Crippen LogP contribution in [0.1, 0.15) is 23.2 Å². The fraction of sp³-hybridized carbons (Fsp3) is 0.158. The van der Waals surface area contributed by atoms with Gasteiger partial charge in [0.15, 0.2) is 5.76 Å². The number of hydrogen-bond acceptors (Lipinski definition) is 3. The zero-order chi connectivity index (χ0) is 15.4. The van der Waals surface area contributed by atoms with Crippen molar-refractivity contribution in [2.24, 2.45) is 0 Å². The third kappa shape index (κ3) is 3.50. The van der Waals surface area contributed by atoms with E-state index in [0.717, 1.165) is 11.5 Å². The Bertz CT molecular complexity index is 650. The van der Waals surface area contributed by atoms with Gasteiger partial charge in [0.05, 0.1) is 6.26 Å². The lowest BCUT2D eigenvalue weighted by Gasteiger charge is -2.19. The molecule has 0 unspecified atom stereocenters. The van der Waals surface area contributed by atoms with Crippen LogP contribution in [-0.2, 0) is 0 Å². The van der Waals surface area contributed by atoms with E-state index >= 15 is 0 Å². The molecule has 3 aromatic rings. The van der Waals surface area contributed by atoms with Crippen molar-refractivity contribution in [2.45, 2.75) is 20.1 Å². The third-order valence-corrected chi connectivity index (χ3v) is 3.30. The largest absolute Gasteiger partial charge is 0.461 e. The second kappa shape index (κ2) is 6.39. The summed E-state index contributed by atoms with van der Waals surface area (Å²) in [5.74, 6) is 2.10. The molecule has 3 nitrogen and oxygen atoms in total. The van der Waals surface area contributed by atoms with Crippen molar-refractivity contribution in [3.63, 3.8) is 0 Å². The molecule has 2 aromatic carbocycles. The number of aryl methyl sites for hydroxylation is 2. The molecule has 0 fully saturated rings. The van der Waals surface area contributed by atoms with E-state index in [-0.39, 0.29) is 0 Å². The van der Waals surface area contributed by atoms with Crippen LogP contribution >= 0.6 is 0 Å². The molecule has 0 spiro atoms. The van der Waals surface area contributed by atoms with Crippen LogP contribution in [0.15, 0.2) is 71.3 Å². The van der Waals surface area contributed by atoms with Crippen molar-refractivity contribution in [3.8, 4) is 11.5 Å². The predicted molar refractivity (Wildman–Crippen MR) is 85.1 cm³/mol. The van der Waals surface area contributed by atoms with Crippen LogP contribution in [0.25, 0.3) is 0 Å². The number of rotatable bonds is 5. The average Bonchev–Trinajstić information content (AvgIpc) is 3.05. The molecule has 3 rings (SSSR count). The Morgan fingerprint density at radius 2 is 1.23 bits per heavy atom. The van der Waals surface area contributed by atoms with Crippen LogP contribution in [-0.4, -0.2) is 0 Å². The summed E-state index contributed by atoms with van der Waals surface area (Å²) in [6.07, 6.45) is 0.986. The zero-order valence-corrected chi connectivity index (χ0v) is 12.7. The summed E-state index contributed by atoms with van der Waals surface area (Å²) in [5.41, 5.74) is 2.36. The molecule has 0 N–H and O–H groups in total. The van der Waals surface area contributed by atoms with Gasteiger partial charge in [-0.2, -0.15) is 0 Å². The first kappa shape index (κ1) is 14.3. The molecule has 0 aliphatic rings. The van der Waals surface area contributed by atoms with E-state index in [1.807, 2.05) is 74.5 Å². The number of furan rings is 1. The normalized spacial score (nSPS) is 10.7. The number of ether oxygens (including phenoxy) is 2. The van der Waals surface area contributed by atoms with Crippen molar-refractivity contribution in [1.82, 2.24) is 0 Å². The highest BCUT2D eigenvalue weighted by molar-refractivity contribution is 5.28. The molecule has 0 radical (unpaired) electrons. The molecule has 3 heteroatoms. The monoisotopic (exact) mass is 294 g/mol. The van der Waals surface area contributed by atoms with Crippen LogP contribution < -0.4 is 9.47 Å². The Labute approximate surface area is 130 Å². The Balaban J connectivity index is 1.81. The summed E-state index contributed by atoms with van der Waals surface area (Å²) in [7, 11) is 0. The van der Waals surface area contributed by atoms with E-state index in [1.165, 1.54) is 11.1 Å². The van der Waals surface area contributed by atoms with E-state index in [1.54, 1.807) is 6.26 Å². The first-order chi connectivity index (χ1) is 10.7. The molecule has 0 atom stereocenters. The van der Waals surface area contributed by atoms with E-state index in [0.29, 0.717) is 5.76 Å². The summed E-state index contributed by atoms with van der Waals surface area (Å²) in [4.78, 5) is 0. The Kier molecular flexibility index (Phi) is 4.15. The van der Waals surface area contributed by atoms with Gasteiger partial charge in [-0.05, 0) is 50.2 Å². The van der Waals surface area contributed by atoms with E-state index in [9.17, 15) is 0 Å². The lowest BCUT2D eigenvalue weighted by atomic mass is 10.2. The van der Waals surface area contributed by atoms with Gasteiger partial charge < -0.3 is 13.9 Å². The molecule has 0 bridgehead atoms. The summed E-state index contributed by atoms with van der Waals surface area (Å²) < 4.78 is 17.3. The first-order valence-corrected chi connectivity index (χ1v) is 7.21. The first-order valence-electron chi connectivity index (χ1n) is 7.21. The fourth-order valence-corrected chi connectivity index (χ4v) is 2.05. The molecule has 0 aliphatic carbocycles. The van der Waals surface area contributed by atoms with Crippen molar-refractivity contribution in [2.75, 3.05) is 0 Å². The van der Waals surface area contributed by atoms with Gasteiger partial charge in [-0.25, -0.2) is 0 Å². The molecule has 0 aliphatic heterocycles. The van der Waals surface area contributed by atoms with Crippen LogP contribution in [0.4, 0.5) is 0 Å². The Hall–Kier alpha value is -2.68. The minimum absolute atomic E-state index is 0.625. The van der Waals surface area contributed by atoms with Crippen LogP contribution in [0.3, 0.4) is 0 Å². The fourth-order valence-electron chi connectivity index (χ4n) is 2.05. The van der Waals surface area contributed by atoms with Crippen LogP contribution in [0.5, 0.6) is 11.5 Å². The topological polar surface area (TPSA) is 31.6 Å². The number of benzene rings is 2. The molecule has 1 heterocycles. The third-order valence-electron chi connectivity index (χ3n) is 3.30. The highest BCUT2D eigenvalue weighted by atomic mass is 16.7. The van der Waals surface area contributed by atoms with Crippen molar-refractivity contribution in [3.05, 3.63) is 83.8 Å². The van der Waals surface area contributed by atoms with Gasteiger partial charge in [0.1, 0.15) is 11.5 Å². The van der Waals surface area contributed by atoms with Crippen LogP contribution in [0.2, 0.25) is 0 Å². The van der Waals surface area contributed by atoms with Gasteiger partial charge in [-0.15, -0.1) is 0 Å². The van der Waals surface area contributed by atoms with Crippen molar-refractivity contribution in [1.29, 1.82) is 0 Å². The number of hydrogen-bond donors (Lipinski definition) is 0. The minimum Gasteiger partial charge on any atom is -0.461 e.